The number of likely N-dealkylation sites (tertiary alicyclic amines) is 1. The topological polar surface area (TPSA) is 109 Å². The summed E-state index contributed by atoms with van der Waals surface area (Å²) >= 11 is 6.01. The van der Waals surface area contributed by atoms with Crippen LogP contribution in [0.1, 0.15) is 39.4 Å². The Morgan fingerprint density at radius 3 is 2.71 bits per heavy atom. The van der Waals surface area contributed by atoms with Gasteiger partial charge in [0.25, 0.3) is 17.4 Å². The highest BCUT2D eigenvalue weighted by Gasteiger charge is 2.27. The van der Waals surface area contributed by atoms with Crippen LogP contribution in [0.4, 0.5) is 0 Å². The number of H-pyrrole nitrogens is 1. The van der Waals surface area contributed by atoms with E-state index in [1.165, 1.54) is 17.7 Å². The van der Waals surface area contributed by atoms with Gasteiger partial charge in [-0.3, -0.25) is 14.4 Å². The molecule has 3 aromatic rings. The Morgan fingerprint density at radius 2 is 2.00 bits per heavy atom. The molecule has 1 aliphatic heterocycles. The highest BCUT2D eigenvalue weighted by Crippen LogP contribution is 2.23. The molecule has 10 heteroatoms. The molecular weight excluding hydrogens is 422 g/mol. The molecule has 2 aromatic heterocycles. The van der Waals surface area contributed by atoms with E-state index in [2.05, 4.69) is 15.4 Å². The van der Waals surface area contributed by atoms with Crippen molar-refractivity contribution in [3.63, 3.8) is 0 Å². The van der Waals surface area contributed by atoms with Crippen LogP contribution in [-0.2, 0) is 0 Å². The summed E-state index contributed by atoms with van der Waals surface area (Å²) in [6.07, 6.45) is 2.88. The van der Waals surface area contributed by atoms with Crippen molar-refractivity contribution in [1.29, 1.82) is 0 Å². The molecule has 0 radical (unpaired) electrons. The molecule has 2 amide bonds. The number of aromatic amines is 1. The Bertz CT molecular complexity index is 1210. The van der Waals surface area contributed by atoms with Gasteiger partial charge in [-0.05, 0) is 38.0 Å². The monoisotopic (exact) mass is 443 g/mol. The number of nitrogens with one attached hydrogen (secondary N) is 2. The lowest BCUT2D eigenvalue weighted by molar-refractivity contribution is 0.0692. The number of amides is 2. The van der Waals surface area contributed by atoms with E-state index in [9.17, 15) is 14.4 Å². The Labute approximate surface area is 183 Å². The predicted octanol–water partition coefficient (Wildman–Crippen LogP) is 2.03. The van der Waals surface area contributed by atoms with Crippen molar-refractivity contribution in [3.8, 4) is 5.75 Å². The van der Waals surface area contributed by atoms with E-state index in [0.29, 0.717) is 53.5 Å². The van der Waals surface area contributed by atoms with Crippen LogP contribution >= 0.6 is 11.6 Å². The molecule has 0 atom stereocenters. The average molecular weight is 444 g/mol. The zero-order valence-corrected chi connectivity index (χ0v) is 17.9. The van der Waals surface area contributed by atoms with Crippen molar-refractivity contribution < 1.29 is 14.3 Å². The number of benzene rings is 1. The van der Waals surface area contributed by atoms with Crippen LogP contribution in [-0.4, -0.2) is 57.6 Å². The molecule has 1 saturated heterocycles. The number of hydrogen-bond donors (Lipinski definition) is 2. The fourth-order valence-electron chi connectivity index (χ4n) is 3.74. The average Bonchev–Trinajstić information content (AvgIpc) is 3.18. The molecule has 1 fully saturated rings. The molecule has 0 saturated carbocycles. The van der Waals surface area contributed by atoms with Gasteiger partial charge in [0.05, 0.1) is 12.7 Å². The first-order chi connectivity index (χ1) is 14.9. The van der Waals surface area contributed by atoms with Crippen LogP contribution in [0.3, 0.4) is 0 Å². The van der Waals surface area contributed by atoms with E-state index >= 15 is 0 Å². The number of rotatable bonds is 4. The van der Waals surface area contributed by atoms with Gasteiger partial charge in [-0.15, -0.1) is 0 Å². The highest BCUT2D eigenvalue weighted by molar-refractivity contribution is 6.31. The number of piperidine rings is 1. The lowest BCUT2D eigenvalue weighted by Crippen LogP contribution is -2.46. The fraction of sp³-hybridized carbons (Fsp3) is 0.333. The zero-order chi connectivity index (χ0) is 22.1. The van der Waals surface area contributed by atoms with Crippen molar-refractivity contribution in [1.82, 2.24) is 24.8 Å². The van der Waals surface area contributed by atoms with Crippen LogP contribution in [0.25, 0.3) is 5.52 Å². The van der Waals surface area contributed by atoms with Crippen molar-refractivity contribution in [2.75, 3.05) is 20.2 Å². The molecule has 0 aliphatic carbocycles. The molecule has 9 nitrogen and oxygen atoms in total. The maximum absolute atomic E-state index is 12.9. The first-order valence-electron chi connectivity index (χ1n) is 9.88. The number of carbonyl (C=O) groups is 2. The molecular formula is C21H22ClN5O4. The first-order valence-corrected chi connectivity index (χ1v) is 10.3. The highest BCUT2D eigenvalue weighted by atomic mass is 35.5. The minimum atomic E-state index is -0.288. The van der Waals surface area contributed by atoms with Crippen LogP contribution < -0.4 is 15.6 Å². The summed E-state index contributed by atoms with van der Waals surface area (Å²) in [5, 5.41) is 7.70. The fourth-order valence-corrected chi connectivity index (χ4v) is 3.91. The summed E-state index contributed by atoms with van der Waals surface area (Å²) in [7, 11) is 1.50. The lowest BCUT2D eigenvalue weighted by Gasteiger charge is -2.32. The minimum absolute atomic E-state index is 0.0770. The second kappa shape index (κ2) is 8.43. The predicted molar refractivity (Wildman–Crippen MR) is 115 cm³/mol. The van der Waals surface area contributed by atoms with Crippen molar-refractivity contribution in [3.05, 3.63) is 62.8 Å². The number of aromatic nitrogens is 3. The van der Waals surface area contributed by atoms with E-state index in [0.717, 1.165) is 0 Å². The summed E-state index contributed by atoms with van der Waals surface area (Å²) in [5.41, 5.74) is 1.30. The second-order valence-corrected chi connectivity index (χ2v) is 7.95. The van der Waals surface area contributed by atoms with Crippen molar-refractivity contribution >= 4 is 28.9 Å². The molecule has 1 aromatic carbocycles. The number of carbonyl (C=O) groups excluding carboxylic acids is 2. The standard InChI is InChI=1S/C21H22ClN5O4/c1-12-11-27-17(20(29)23-12)10-16(25-27)21(30)26-7-5-14(6-8-26)24-19(28)15-9-13(22)3-4-18(15)31-2/h3-4,9-11,14H,5-8H2,1-2H3,(H,23,29)(H,24,28). The zero-order valence-electron chi connectivity index (χ0n) is 17.1. The number of halogens is 1. The number of aryl methyl sites for hydroxylation is 1. The number of fused-ring (bicyclic) bond motifs is 1. The Balaban J connectivity index is 1.40. The maximum atomic E-state index is 12.9. The maximum Gasteiger partial charge on any atom is 0.274 e. The first kappa shape index (κ1) is 20.9. The second-order valence-electron chi connectivity index (χ2n) is 7.51. The van der Waals surface area contributed by atoms with Gasteiger partial charge in [0.15, 0.2) is 5.69 Å². The van der Waals surface area contributed by atoms with Gasteiger partial charge in [-0.25, -0.2) is 4.52 Å². The summed E-state index contributed by atoms with van der Waals surface area (Å²) in [6.45, 7) is 2.70. The molecule has 3 heterocycles. The third-order valence-corrected chi connectivity index (χ3v) is 5.57. The summed E-state index contributed by atoms with van der Waals surface area (Å²) in [5.74, 6) is -0.0484. The normalized spacial score (nSPS) is 14.6. The van der Waals surface area contributed by atoms with E-state index in [-0.39, 0.29) is 29.1 Å². The lowest BCUT2D eigenvalue weighted by atomic mass is 10.0. The minimum Gasteiger partial charge on any atom is -0.496 e. The van der Waals surface area contributed by atoms with Gasteiger partial charge < -0.3 is 19.9 Å². The molecule has 1 aliphatic rings. The molecule has 0 bridgehead atoms. The van der Waals surface area contributed by atoms with Crippen molar-refractivity contribution in [2.45, 2.75) is 25.8 Å². The SMILES string of the molecule is COc1ccc(Cl)cc1C(=O)NC1CCN(C(=O)c2cc3c(=O)[nH]c(C)cn3n2)CC1. The van der Waals surface area contributed by atoms with Crippen molar-refractivity contribution in [2.24, 2.45) is 0 Å². The van der Waals surface area contributed by atoms with E-state index in [4.69, 9.17) is 16.3 Å². The number of ether oxygens (including phenoxy) is 1. The van der Waals surface area contributed by atoms with Gasteiger partial charge in [0.1, 0.15) is 11.3 Å². The molecule has 31 heavy (non-hydrogen) atoms. The third-order valence-electron chi connectivity index (χ3n) is 5.34. The number of nitrogens with zero attached hydrogens (tertiary/aromatic N) is 3. The van der Waals surface area contributed by atoms with Crippen LogP contribution in [0.2, 0.25) is 5.02 Å². The molecule has 0 spiro atoms. The van der Waals surface area contributed by atoms with Crippen LogP contribution in [0.15, 0.2) is 35.3 Å². The quantitative estimate of drug-likeness (QED) is 0.641. The smallest absolute Gasteiger partial charge is 0.274 e. The Hall–Kier alpha value is -3.33. The summed E-state index contributed by atoms with van der Waals surface area (Å²) in [6, 6.07) is 6.31. The van der Waals surface area contributed by atoms with Crippen LogP contribution in [0.5, 0.6) is 5.75 Å². The van der Waals surface area contributed by atoms with Gasteiger partial charge in [0, 0.05) is 42.1 Å². The largest absolute Gasteiger partial charge is 0.496 e. The van der Waals surface area contributed by atoms with E-state index < -0.39 is 0 Å². The molecule has 0 unspecified atom stereocenters. The Morgan fingerprint density at radius 1 is 1.26 bits per heavy atom. The van der Waals surface area contributed by atoms with Crippen LogP contribution in [0, 0.1) is 6.92 Å². The number of hydrogen-bond acceptors (Lipinski definition) is 5. The van der Waals surface area contributed by atoms with Gasteiger partial charge in [-0.2, -0.15) is 5.10 Å². The summed E-state index contributed by atoms with van der Waals surface area (Å²) < 4.78 is 6.67. The Kier molecular flexibility index (Phi) is 5.69. The third kappa shape index (κ3) is 4.27. The van der Waals surface area contributed by atoms with Gasteiger partial charge in [0.2, 0.25) is 0 Å². The van der Waals surface area contributed by atoms with Gasteiger partial charge >= 0.3 is 0 Å². The van der Waals surface area contributed by atoms with E-state index in [1.54, 1.807) is 36.2 Å². The number of methoxy groups -OCH3 is 1. The molecule has 2 N–H and O–H groups in total. The molecule has 162 valence electrons. The van der Waals surface area contributed by atoms with Gasteiger partial charge in [-0.1, -0.05) is 11.6 Å². The molecule has 4 rings (SSSR count). The van der Waals surface area contributed by atoms with E-state index in [1.807, 2.05) is 0 Å². The summed E-state index contributed by atoms with van der Waals surface area (Å²) in [4.78, 5) is 41.9.